The van der Waals surface area contributed by atoms with Gasteiger partial charge >= 0.3 is 0 Å². The number of nitrogens with one attached hydrogen (secondary N) is 2. The normalized spacial score (nSPS) is 16.3. The molecule has 4 nitrogen and oxygen atoms in total. The highest BCUT2D eigenvalue weighted by Crippen LogP contribution is 2.28. The Morgan fingerprint density at radius 1 is 1.50 bits per heavy atom. The molecule has 1 heterocycles. The monoisotopic (exact) mass is 251 g/mol. The quantitative estimate of drug-likeness (QED) is 0.751. The molecule has 1 atom stereocenters. The van der Waals surface area contributed by atoms with Crippen LogP contribution < -0.4 is 10.6 Å². The minimum Gasteiger partial charge on any atom is -0.355 e. The zero-order valence-corrected chi connectivity index (χ0v) is 10.4. The average Bonchev–Trinajstić information content (AvgIpc) is 3.19. The molecule has 5 heteroatoms. The van der Waals surface area contributed by atoms with Crippen LogP contribution >= 0.6 is 0 Å². The van der Waals surface area contributed by atoms with Gasteiger partial charge in [0.2, 0.25) is 5.91 Å². The summed E-state index contributed by atoms with van der Waals surface area (Å²) in [6, 6.07) is 3.11. The number of pyridine rings is 1. The average molecular weight is 251 g/mol. The smallest absolute Gasteiger partial charge is 0.223 e. The summed E-state index contributed by atoms with van der Waals surface area (Å²) in [5, 5.41) is 6.11. The second-order valence-corrected chi connectivity index (χ2v) is 4.64. The highest BCUT2D eigenvalue weighted by Gasteiger charge is 2.28. The number of carbonyl (C=O) groups is 1. The van der Waals surface area contributed by atoms with Gasteiger partial charge in [-0.05, 0) is 31.9 Å². The number of carbonyl (C=O) groups excluding carboxylic acids is 1. The molecule has 0 spiro atoms. The van der Waals surface area contributed by atoms with Crippen molar-refractivity contribution < 1.29 is 9.18 Å². The third kappa shape index (κ3) is 3.77. The van der Waals surface area contributed by atoms with Gasteiger partial charge in [0.05, 0.1) is 11.9 Å². The largest absolute Gasteiger partial charge is 0.355 e. The predicted octanol–water partition coefficient (Wildman–Crippen LogP) is 1.40. The second-order valence-electron chi connectivity index (χ2n) is 4.64. The maximum absolute atomic E-state index is 12.7. The van der Waals surface area contributed by atoms with Crippen molar-refractivity contribution in [2.45, 2.75) is 25.8 Å². The lowest BCUT2D eigenvalue weighted by molar-refractivity contribution is -0.122. The van der Waals surface area contributed by atoms with Crippen LogP contribution in [0.3, 0.4) is 0 Å². The number of rotatable bonds is 6. The zero-order chi connectivity index (χ0) is 13.0. The summed E-state index contributed by atoms with van der Waals surface area (Å²) in [5.74, 6) is 0.0770. The van der Waals surface area contributed by atoms with E-state index in [0.717, 1.165) is 18.5 Å². The Balaban J connectivity index is 1.66. The van der Waals surface area contributed by atoms with Crippen LogP contribution in [-0.4, -0.2) is 24.0 Å². The van der Waals surface area contributed by atoms with Crippen molar-refractivity contribution in [1.82, 2.24) is 15.6 Å². The van der Waals surface area contributed by atoms with Crippen molar-refractivity contribution in [1.29, 1.82) is 0 Å². The zero-order valence-electron chi connectivity index (χ0n) is 10.4. The summed E-state index contributed by atoms with van der Waals surface area (Å²) >= 11 is 0. The Labute approximate surface area is 106 Å². The minimum absolute atomic E-state index is 0.0448. The summed E-state index contributed by atoms with van der Waals surface area (Å²) in [4.78, 5) is 15.4. The van der Waals surface area contributed by atoms with Gasteiger partial charge in [0.15, 0.2) is 0 Å². The van der Waals surface area contributed by atoms with Gasteiger partial charge in [0.1, 0.15) is 5.82 Å². The van der Waals surface area contributed by atoms with Gasteiger partial charge in [-0.2, -0.15) is 0 Å². The van der Waals surface area contributed by atoms with E-state index in [4.69, 9.17) is 0 Å². The van der Waals surface area contributed by atoms with Crippen molar-refractivity contribution in [3.8, 4) is 0 Å². The van der Waals surface area contributed by atoms with Crippen LogP contribution in [-0.2, 0) is 4.79 Å². The first-order chi connectivity index (χ1) is 8.66. The van der Waals surface area contributed by atoms with Crippen LogP contribution in [0, 0.1) is 11.7 Å². The van der Waals surface area contributed by atoms with Gasteiger partial charge < -0.3 is 10.6 Å². The number of aromatic nitrogens is 1. The van der Waals surface area contributed by atoms with Crippen molar-refractivity contribution in [3.63, 3.8) is 0 Å². The standard InChI is InChI=1S/C13H18FN3O/c1-9(12-5-4-11(14)8-17-12)15-6-7-16-13(18)10-2-3-10/h4-5,8-10,15H,2-3,6-7H2,1H3,(H,16,18). The molecule has 0 bridgehead atoms. The minimum atomic E-state index is -0.331. The topological polar surface area (TPSA) is 54.0 Å². The SMILES string of the molecule is CC(NCCNC(=O)C1CC1)c1ccc(F)cn1. The molecule has 1 unspecified atom stereocenters. The van der Waals surface area contributed by atoms with Crippen LogP contribution in [0.15, 0.2) is 18.3 Å². The molecular formula is C13H18FN3O. The third-order valence-corrected chi connectivity index (χ3v) is 3.02. The molecule has 1 aliphatic rings. The van der Waals surface area contributed by atoms with Gasteiger partial charge in [0.25, 0.3) is 0 Å². The van der Waals surface area contributed by atoms with E-state index < -0.39 is 0 Å². The highest BCUT2D eigenvalue weighted by molar-refractivity contribution is 5.80. The molecule has 0 aromatic carbocycles. The second kappa shape index (κ2) is 5.91. The summed E-state index contributed by atoms with van der Waals surface area (Å²) in [5.41, 5.74) is 0.796. The van der Waals surface area contributed by atoms with Gasteiger partial charge in [-0.1, -0.05) is 0 Å². The molecule has 1 aliphatic carbocycles. The first-order valence-corrected chi connectivity index (χ1v) is 6.29. The number of hydrogen-bond donors (Lipinski definition) is 2. The Morgan fingerprint density at radius 2 is 2.28 bits per heavy atom. The van der Waals surface area contributed by atoms with Gasteiger partial charge in [0, 0.05) is 25.0 Å². The lowest BCUT2D eigenvalue weighted by Crippen LogP contribution is -2.33. The molecule has 0 saturated heterocycles. The molecule has 1 aromatic rings. The van der Waals surface area contributed by atoms with Crippen molar-refractivity contribution in [3.05, 3.63) is 29.8 Å². The molecule has 2 N–H and O–H groups in total. The van der Waals surface area contributed by atoms with E-state index in [2.05, 4.69) is 15.6 Å². The van der Waals surface area contributed by atoms with Crippen LogP contribution in [0.5, 0.6) is 0 Å². The van der Waals surface area contributed by atoms with E-state index in [1.807, 2.05) is 6.92 Å². The fourth-order valence-electron chi connectivity index (χ4n) is 1.71. The Morgan fingerprint density at radius 3 is 2.89 bits per heavy atom. The molecule has 0 radical (unpaired) electrons. The molecule has 18 heavy (non-hydrogen) atoms. The van der Waals surface area contributed by atoms with E-state index in [9.17, 15) is 9.18 Å². The summed E-state index contributed by atoms with van der Waals surface area (Å²) < 4.78 is 12.7. The van der Waals surface area contributed by atoms with E-state index in [1.165, 1.54) is 12.3 Å². The van der Waals surface area contributed by atoms with Crippen molar-refractivity contribution in [2.24, 2.45) is 5.92 Å². The predicted molar refractivity (Wildman–Crippen MR) is 66.3 cm³/mol. The molecule has 0 aliphatic heterocycles. The summed E-state index contributed by atoms with van der Waals surface area (Å²) in [7, 11) is 0. The van der Waals surface area contributed by atoms with Crippen molar-refractivity contribution >= 4 is 5.91 Å². The summed E-state index contributed by atoms with van der Waals surface area (Å²) in [6.45, 7) is 3.25. The summed E-state index contributed by atoms with van der Waals surface area (Å²) in [6.07, 6.45) is 3.26. The lowest BCUT2D eigenvalue weighted by atomic mass is 10.2. The molecule has 1 saturated carbocycles. The lowest BCUT2D eigenvalue weighted by Gasteiger charge is -2.13. The van der Waals surface area contributed by atoms with Crippen LogP contribution in [0.1, 0.15) is 31.5 Å². The molecular weight excluding hydrogens is 233 g/mol. The van der Waals surface area contributed by atoms with Crippen LogP contribution in [0.2, 0.25) is 0 Å². The Hall–Kier alpha value is -1.49. The fraction of sp³-hybridized carbons (Fsp3) is 0.538. The van der Waals surface area contributed by atoms with Crippen LogP contribution in [0.4, 0.5) is 4.39 Å². The first kappa shape index (κ1) is 13.0. The van der Waals surface area contributed by atoms with Gasteiger partial charge in [-0.15, -0.1) is 0 Å². The molecule has 2 rings (SSSR count). The number of amides is 1. The highest BCUT2D eigenvalue weighted by atomic mass is 19.1. The maximum Gasteiger partial charge on any atom is 0.223 e. The Bertz CT molecular complexity index is 403. The van der Waals surface area contributed by atoms with E-state index in [0.29, 0.717) is 13.1 Å². The van der Waals surface area contributed by atoms with Gasteiger partial charge in [-0.25, -0.2) is 4.39 Å². The van der Waals surface area contributed by atoms with E-state index >= 15 is 0 Å². The molecule has 98 valence electrons. The maximum atomic E-state index is 12.7. The number of halogens is 1. The van der Waals surface area contributed by atoms with E-state index in [1.54, 1.807) is 6.07 Å². The number of hydrogen-bond acceptors (Lipinski definition) is 3. The fourth-order valence-corrected chi connectivity index (χ4v) is 1.71. The Kier molecular flexibility index (Phi) is 4.25. The molecule has 1 fully saturated rings. The van der Waals surface area contributed by atoms with Crippen LogP contribution in [0.25, 0.3) is 0 Å². The van der Waals surface area contributed by atoms with E-state index in [-0.39, 0.29) is 23.7 Å². The molecule has 1 amide bonds. The molecule has 1 aromatic heterocycles. The van der Waals surface area contributed by atoms with Crippen molar-refractivity contribution in [2.75, 3.05) is 13.1 Å². The third-order valence-electron chi connectivity index (χ3n) is 3.02. The van der Waals surface area contributed by atoms with Gasteiger partial charge in [-0.3, -0.25) is 9.78 Å². The number of nitrogens with zero attached hydrogens (tertiary/aromatic N) is 1. The first-order valence-electron chi connectivity index (χ1n) is 6.29.